The molecular weight excluding hydrogens is 435 g/mol. The molecular formula is C27H35FN2O4. The lowest BCUT2D eigenvalue weighted by Gasteiger charge is -2.22. The molecule has 0 saturated carbocycles. The van der Waals surface area contributed by atoms with Crippen molar-refractivity contribution < 1.29 is 23.1 Å². The van der Waals surface area contributed by atoms with Gasteiger partial charge in [-0.2, -0.15) is 0 Å². The van der Waals surface area contributed by atoms with Gasteiger partial charge in [0, 0.05) is 19.0 Å². The molecule has 1 unspecified atom stereocenters. The number of oxazole rings is 1. The second kappa shape index (κ2) is 10.6. The molecule has 0 saturated heterocycles. The highest BCUT2D eigenvalue weighted by atomic mass is 19.1. The summed E-state index contributed by atoms with van der Waals surface area (Å²) in [4.78, 5) is 17.1. The van der Waals surface area contributed by atoms with Gasteiger partial charge in [-0.3, -0.25) is 4.79 Å². The highest BCUT2D eigenvalue weighted by molar-refractivity contribution is 6.05. The fourth-order valence-corrected chi connectivity index (χ4v) is 3.91. The highest BCUT2D eigenvalue weighted by Crippen LogP contribution is 2.42. The molecule has 6 nitrogen and oxygen atoms in total. The number of ether oxygens (including phenoxy) is 2. The van der Waals surface area contributed by atoms with Crippen LogP contribution in [0.1, 0.15) is 74.3 Å². The molecule has 1 N–H and O–H groups in total. The van der Waals surface area contributed by atoms with Crippen molar-refractivity contribution in [1.82, 2.24) is 10.3 Å². The molecule has 3 aromatic rings. The first-order valence-corrected chi connectivity index (χ1v) is 11.7. The maximum Gasteiger partial charge on any atom is 0.207 e. The number of rotatable bonds is 10. The Morgan fingerprint density at radius 3 is 2.38 bits per heavy atom. The molecule has 0 radical (unpaired) electrons. The Morgan fingerprint density at radius 1 is 1.12 bits per heavy atom. The maximum atomic E-state index is 13.3. The molecule has 0 spiro atoms. The summed E-state index contributed by atoms with van der Waals surface area (Å²) in [7, 11) is 0. The van der Waals surface area contributed by atoms with Gasteiger partial charge in [0.15, 0.2) is 17.4 Å². The van der Waals surface area contributed by atoms with Crippen molar-refractivity contribution in [2.75, 3.05) is 19.8 Å². The molecule has 7 heteroatoms. The quantitative estimate of drug-likeness (QED) is 0.284. The first-order valence-electron chi connectivity index (χ1n) is 11.7. The molecule has 34 heavy (non-hydrogen) atoms. The summed E-state index contributed by atoms with van der Waals surface area (Å²) in [6.07, 6.45) is 0.689. The van der Waals surface area contributed by atoms with Gasteiger partial charge >= 0.3 is 0 Å². The second-order valence-electron chi connectivity index (χ2n) is 9.74. The van der Waals surface area contributed by atoms with Gasteiger partial charge in [-0.05, 0) is 70.2 Å². The minimum absolute atomic E-state index is 0.0511. The van der Waals surface area contributed by atoms with E-state index in [4.69, 9.17) is 13.9 Å². The third-order valence-corrected chi connectivity index (χ3v) is 5.70. The Bertz CT molecular complexity index is 1150. The number of halogens is 1. The van der Waals surface area contributed by atoms with E-state index in [2.05, 4.69) is 38.0 Å². The summed E-state index contributed by atoms with van der Waals surface area (Å²) in [5.74, 6) is 1.05. The van der Waals surface area contributed by atoms with Crippen LogP contribution in [0.3, 0.4) is 0 Å². The van der Waals surface area contributed by atoms with Gasteiger partial charge in [0.25, 0.3) is 0 Å². The summed E-state index contributed by atoms with van der Waals surface area (Å²) >= 11 is 0. The van der Waals surface area contributed by atoms with E-state index in [0.717, 1.165) is 5.56 Å². The Balaban J connectivity index is 1.89. The lowest BCUT2D eigenvalue weighted by molar-refractivity contribution is 0.101. The molecule has 0 aliphatic carbocycles. The van der Waals surface area contributed by atoms with Gasteiger partial charge in [-0.1, -0.05) is 19.1 Å². The topological polar surface area (TPSA) is 73.6 Å². The van der Waals surface area contributed by atoms with Crippen molar-refractivity contribution in [3.05, 3.63) is 52.7 Å². The Labute approximate surface area is 200 Å². The normalized spacial score (nSPS) is 12.7. The van der Waals surface area contributed by atoms with Crippen LogP contribution in [0.2, 0.25) is 0 Å². The van der Waals surface area contributed by atoms with Crippen LogP contribution in [0.25, 0.3) is 11.1 Å². The van der Waals surface area contributed by atoms with E-state index in [0.29, 0.717) is 65.8 Å². The molecule has 2 aromatic carbocycles. The molecule has 1 heterocycles. The fraction of sp³-hybridized carbons (Fsp3) is 0.481. The number of carbonyl (C=O) groups excluding carboxylic acids is 1. The third kappa shape index (κ3) is 6.14. The van der Waals surface area contributed by atoms with Crippen LogP contribution < -0.4 is 14.8 Å². The molecule has 0 amide bonds. The molecule has 0 bridgehead atoms. The molecule has 0 aliphatic heterocycles. The average Bonchev–Trinajstić information content (AvgIpc) is 3.14. The number of carbonyl (C=O) groups is 1. The number of ketones is 1. The van der Waals surface area contributed by atoms with Gasteiger partial charge in [0.2, 0.25) is 11.3 Å². The Morgan fingerprint density at radius 2 is 1.76 bits per heavy atom. The lowest BCUT2D eigenvalue weighted by atomic mass is 9.98. The van der Waals surface area contributed by atoms with Crippen molar-refractivity contribution in [2.24, 2.45) is 0 Å². The van der Waals surface area contributed by atoms with Crippen LogP contribution in [-0.4, -0.2) is 36.1 Å². The van der Waals surface area contributed by atoms with Crippen LogP contribution >= 0.6 is 0 Å². The largest absolute Gasteiger partial charge is 0.487 e. The summed E-state index contributed by atoms with van der Waals surface area (Å²) < 4.78 is 31.5. The van der Waals surface area contributed by atoms with E-state index in [1.54, 1.807) is 19.1 Å². The first-order chi connectivity index (χ1) is 16.0. The van der Waals surface area contributed by atoms with E-state index < -0.39 is 0 Å². The zero-order valence-corrected chi connectivity index (χ0v) is 21.2. The predicted octanol–water partition coefficient (Wildman–Crippen LogP) is 6.13. The zero-order chi connectivity index (χ0) is 25.0. The summed E-state index contributed by atoms with van der Waals surface area (Å²) in [6, 6.07) is 6.50. The SMILES string of the molecule is CC(=O)c1c(OCCNC(C)(C)C)c(OCCC(C)c2ccc(F)cc2)c2oc(C)nc2c1C. The van der Waals surface area contributed by atoms with Crippen molar-refractivity contribution in [3.8, 4) is 11.5 Å². The molecule has 0 fully saturated rings. The summed E-state index contributed by atoms with van der Waals surface area (Å²) in [5.41, 5.74) is 3.23. The highest BCUT2D eigenvalue weighted by Gasteiger charge is 2.26. The lowest BCUT2D eigenvalue weighted by Crippen LogP contribution is -2.38. The van der Waals surface area contributed by atoms with Gasteiger partial charge in [0.1, 0.15) is 17.9 Å². The minimum atomic E-state index is -0.255. The number of hydrogen-bond acceptors (Lipinski definition) is 6. The molecule has 1 aromatic heterocycles. The number of Topliss-reactive ketones (excluding diaryl/α,β-unsaturated/α-hetero) is 1. The van der Waals surface area contributed by atoms with Crippen molar-refractivity contribution in [1.29, 1.82) is 0 Å². The van der Waals surface area contributed by atoms with Crippen LogP contribution in [-0.2, 0) is 0 Å². The van der Waals surface area contributed by atoms with Crippen LogP contribution in [0.15, 0.2) is 28.7 Å². The average molecular weight is 471 g/mol. The first kappa shape index (κ1) is 25.7. The number of hydrogen-bond donors (Lipinski definition) is 1. The standard InChI is InChI=1S/C27H35FN2O4/c1-16(20-8-10-21(28)11-9-20)12-14-32-26-24(33-15-13-29-27(5,6)7)22(18(3)31)17(2)23-25(26)34-19(4)30-23/h8-11,16,29H,12-15H2,1-7H3. The molecule has 3 rings (SSSR count). The summed E-state index contributed by atoms with van der Waals surface area (Å²) in [5, 5.41) is 3.38. The van der Waals surface area contributed by atoms with E-state index in [9.17, 15) is 9.18 Å². The van der Waals surface area contributed by atoms with Gasteiger partial charge in [-0.25, -0.2) is 9.37 Å². The van der Waals surface area contributed by atoms with Crippen LogP contribution in [0, 0.1) is 19.7 Å². The van der Waals surface area contributed by atoms with E-state index in [-0.39, 0.29) is 23.1 Å². The second-order valence-corrected chi connectivity index (χ2v) is 9.74. The van der Waals surface area contributed by atoms with E-state index >= 15 is 0 Å². The molecule has 184 valence electrons. The summed E-state index contributed by atoms with van der Waals surface area (Å²) in [6.45, 7) is 14.8. The number of nitrogens with one attached hydrogen (secondary N) is 1. The Hall–Kier alpha value is -2.93. The number of benzene rings is 2. The molecule has 1 atom stereocenters. The third-order valence-electron chi connectivity index (χ3n) is 5.70. The molecule has 0 aliphatic rings. The zero-order valence-electron chi connectivity index (χ0n) is 21.2. The smallest absolute Gasteiger partial charge is 0.207 e. The van der Waals surface area contributed by atoms with Crippen LogP contribution in [0.5, 0.6) is 11.5 Å². The monoisotopic (exact) mass is 470 g/mol. The van der Waals surface area contributed by atoms with Crippen molar-refractivity contribution >= 4 is 16.9 Å². The van der Waals surface area contributed by atoms with Gasteiger partial charge in [-0.15, -0.1) is 0 Å². The van der Waals surface area contributed by atoms with E-state index in [1.807, 2.05) is 6.92 Å². The maximum absolute atomic E-state index is 13.3. The number of fused-ring (bicyclic) bond motifs is 1. The minimum Gasteiger partial charge on any atom is -0.487 e. The van der Waals surface area contributed by atoms with Crippen molar-refractivity contribution in [2.45, 2.75) is 66.3 Å². The number of aromatic nitrogens is 1. The number of nitrogens with zero attached hydrogens (tertiary/aromatic N) is 1. The predicted molar refractivity (Wildman–Crippen MR) is 132 cm³/mol. The van der Waals surface area contributed by atoms with Crippen LogP contribution in [0.4, 0.5) is 4.39 Å². The fourth-order valence-electron chi connectivity index (χ4n) is 3.91. The van der Waals surface area contributed by atoms with Gasteiger partial charge < -0.3 is 19.2 Å². The Kier molecular flexibility index (Phi) is 7.97. The van der Waals surface area contributed by atoms with E-state index in [1.165, 1.54) is 19.1 Å². The van der Waals surface area contributed by atoms with Gasteiger partial charge in [0.05, 0.1) is 12.2 Å². The number of aryl methyl sites for hydroxylation is 2. The van der Waals surface area contributed by atoms with Crippen molar-refractivity contribution in [3.63, 3.8) is 0 Å².